The molecular formula is C21H22N4O. The van der Waals surface area contributed by atoms with Gasteiger partial charge in [0.05, 0.1) is 5.56 Å². The molecule has 0 fully saturated rings. The largest absolute Gasteiger partial charge is 0.324 e. The molecule has 0 unspecified atom stereocenters. The molecule has 132 valence electrons. The van der Waals surface area contributed by atoms with Crippen molar-refractivity contribution in [3.63, 3.8) is 0 Å². The minimum absolute atomic E-state index is 0.232. The lowest BCUT2D eigenvalue weighted by Gasteiger charge is -2.09. The molecule has 1 amide bonds. The van der Waals surface area contributed by atoms with E-state index in [-0.39, 0.29) is 5.91 Å². The smallest absolute Gasteiger partial charge is 0.258 e. The van der Waals surface area contributed by atoms with Crippen molar-refractivity contribution in [2.24, 2.45) is 0 Å². The number of carbonyl (C=O) groups excluding carboxylic acids is 1. The summed E-state index contributed by atoms with van der Waals surface area (Å²) in [5.41, 5.74) is 4.48. The summed E-state index contributed by atoms with van der Waals surface area (Å²) in [5, 5.41) is 5.97. The normalized spacial score (nSPS) is 10.6. The van der Waals surface area contributed by atoms with Gasteiger partial charge < -0.3 is 10.6 Å². The Balaban J connectivity index is 1.63. The molecule has 2 N–H and O–H groups in total. The number of aromatic nitrogens is 2. The molecule has 1 heterocycles. The fraction of sp³-hybridized carbons (Fsp3) is 0.190. The molecule has 2 aromatic carbocycles. The molecule has 0 saturated heterocycles. The van der Waals surface area contributed by atoms with Crippen LogP contribution in [0.2, 0.25) is 0 Å². The number of anilines is 3. The zero-order valence-corrected chi connectivity index (χ0v) is 15.2. The van der Waals surface area contributed by atoms with Crippen LogP contribution in [0, 0.1) is 6.92 Å². The van der Waals surface area contributed by atoms with Gasteiger partial charge in [-0.25, -0.2) is 9.97 Å². The topological polar surface area (TPSA) is 66.9 Å². The molecular weight excluding hydrogens is 324 g/mol. The van der Waals surface area contributed by atoms with Crippen molar-refractivity contribution < 1.29 is 4.79 Å². The van der Waals surface area contributed by atoms with E-state index in [1.807, 2.05) is 55.5 Å². The molecule has 0 aliphatic rings. The monoisotopic (exact) mass is 346 g/mol. The molecule has 3 aromatic rings. The number of hydrogen-bond acceptors (Lipinski definition) is 4. The van der Waals surface area contributed by atoms with E-state index in [1.54, 1.807) is 0 Å². The molecule has 0 radical (unpaired) electrons. The second-order valence-corrected chi connectivity index (χ2v) is 6.52. The van der Waals surface area contributed by atoms with Crippen LogP contribution >= 0.6 is 0 Å². The van der Waals surface area contributed by atoms with Crippen LogP contribution in [0.1, 0.15) is 41.3 Å². The third-order valence-corrected chi connectivity index (χ3v) is 4.06. The summed E-state index contributed by atoms with van der Waals surface area (Å²) in [7, 11) is 0. The number of hydrogen-bond donors (Lipinski definition) is 2. The van der Waals surface area contributed by atoms with Gasteiger partial charge in [-0.15, -0.1) is 0 Å². The molecule has 5 heteroatoms. The summed E-state index contributed by atoms with van der Waals surface area (Å²) in [4.78, 5) is 20.8. The lowest BCUT2D eigenvalue weighted by Crippen LogP contribution is -2.13. The van der Waals surface area contributed by atoms with E-state index in [4.69, 9.17) is 0 Å². The summed E-state index contributed by atoms with van der Waals surface area (Å²) >= 11 is 0. The standard InChI is InChI=1S/C21H22N4O/c1-14(2)16-6-10-18(11-7-16)24-20(26)17-12-22-21(23-13-17)25-19-8-4-15(3)5-9-19/h4-14H,1-3H3,(H,24,26)(H,22,23,25). The maximum atomic E-state index is 12.3. The van der Waals surface area contributed by atoms with Crippen molar-refractivity contribution in [2.75, 3.05) is 10.6 Å². The van der Waals surface area contributed by atoms with Crippen LogP contribution in [-0.2, 0) is 0 Å². The summed E-state index contributed by atoms with van der Waals surface area (Å²) in [6, 6.07) is 15.8. The fourth-order valence-electron chi connectivity index (χ4n) is 2.43. The van der Waals surface area contributed by atoms with Gasteiger partial charge >= 0.3 is 0 Å². The van der Waals surface area contributed by atoms with E-state index in [9.17, 15) is 4.79 Å². The van der Waals surface area contributed by atoms with Crippen LogP contribution in [0.25, 0.3) is 0 Å². The third-order valence-electron chi connectivity index (χ3n) is 4.06. The molecule has 5 nitrogen and oxygen atoms in total. The van der Waals surface area contributed by atoms with Crippen molar-refractivity contribution in [3.8, 4) is 0 Å². The predicted molar refractivity (Wildman–Crippen MR) is 105 cm³/mol. The maximum Gasteiger partial charge on any atom is 0.258 e. The highest BCUT2D eigenvalue weighted by molar-refractivity contribution is 6.03. The number of carbonyl (C=O) groups is 1. The van der Waals surface area contributed by atoms with Gasteiger partial charge in [-0.05, 0) is 42.7 Å². The van der Waals surface area contributed by atoms with Gasteiger partial charge in [0, 0.05) is 23.8 Å². The molecule has 0 spiro atoms. The summed E-state index contributed by atoms with van der Waals surface area (Å²) in [5.74, 6) is 0.678. The van der Waals surface area contributed by atoms with Crippen molar-refractivity contribution in [3.05, 3.63) is 77.6 Å². The zero-order chi connectivity index (χ0) is 18.5. The predicted octanol–water partition coefficient (Wildman–Crippen LogP) is 4.90. The van der Waals surface area contributed by atoms with E-state index < -0.39 is 0 Å². The van der Waals surface area contributed by atoms with Crippen LogP contribution in [0.5, 0.6) is 0 Å². The molecule has 0 atom stereocenters. The zero-order valence-electron chi connectivity index (χ0n) is 15.2. The maximum absolute atomic E-state index is 12.3. The second kappa shape index (κ2) is 7.78. The van der Waals surface area contributed by atoms with Crippen LogP contribution in [-0.4, -0.2) is 15.9 Å². The van der Waals surface area contributed by atoms with Crippen molar-refractivity contribution >= 4 is 23.2 Å². The Bertz CT molecular complexity index is 869. The highest BCUT2D eigenvalue weighted by Crippen LogP contribution is 2.18. The van der Waals surface area contributed by atoms with Gasteiger partial charge in [0.25, 0.3) is 5.91 Å². The summed E-state index contributed by atoms with van der Waals surface area (Å²) < 4.78 is 0. The molecule has 3 rings (SSSR count). The Morgan fingerprint density at radius 3 is 2.04 bits per heavy atom. The van der Waals surface area contributed by atoms with Crippen LogP contribution in [0.15, 0.2) is 60.9 Å². The van der Waals surface area contributed by atoms with Crippen LogP contribution in [0.3, 0.4) is 0 Å². The first-order valence-electron chi connectivity index (χ1n) is 8.58. The molecule has 1 aromatic heterocycles. The van der Waals surface area contributed by atoms with Crippen LogP contribution in [0.4, 0.5) is 17.3 Å². The number of nitrogens with zero attached hydrogens (tertiary/aromatic N) is 2. The quantitative estimate of drug-likeness (QED) is 0.689. The number of aryl methyl sites for hydroxylation is 1. The first kappa shape index (κ1) is 17.6. The Labute approximate surface area is 153 Å². The van der Waals surface area contributed by atoms with Crippen molar-refractivity contribution in [1.82, 2.24) is 9.97 Å². The van der Waals surface area contributed by atoms with Gasteiger partial charge in [0.15, 0.2) is 0 Å². The molecule has 0 aliphatic carbocycles. The SMILES string of the molecule is Cc1ccc(Nc2ncc(C(=O)Nc3ccc(C(C)C)cc3)cn2)cc1. The minimum atomic E-state index is -0.232. The number of amides is 1. The number of rotatable bonds is 5. The van der Waals surface area contributed by atoms with E-state index in [2.05, 4.69) is 34.4 Å². The Hall–Kier alpha value is -3.21. The lowest BCUT2D eigenvalue weighted by atomic mass is 10.0. The van der Waals surface area contributed by atoms with E-state index >= 15 is 0 Å². The molecule has 0 aliphatic heterocycles. The third kappa shape index (κ3) is 4.45. The Morgan fingerprint density at radius 1 is 0.885 bits per heavy atom. The van der Waals surface area contributed by atoms with Crippen molar-refractivity contribution in [1.29, 1.82) is 0 Å². The highest BCUT2D eigenvalue weighted by Gasteiger charge is 2.08. The van der Waals surface area contributed by atoms with Gasteiger partial charge in [0.1, 0.15) is 0 Å². The fourth-order valence-corrected chi connectivity index (χ4v) is 2.43. The van der Waals surface area contributed by atoms with E-state index in [0.717, 1.165) is 11.4 Å². The van der Waals surface area contributed by atoms with Gasteiger partial charge in [-0.1, -0.05) is 43.7 Å². The molecule has 0 saturated carbocycles. The highest BCUT2D eigenvalue weighted by atomic mass is 16.1. The molecule has 0 bridgehead atoms. The summed E-state index contributed by atoms with van der Waals surface area (Å²) in [6.45, 7) is 6.30. The van der Waals surface area contributed by atoms with Crippen LogP contribution < -0.4 is 10.6 Å². The van der Waals surface area contributed by atoms with E-state index in [0.29, 0.717) is 17.4 Å². The lowest BCUT2D eigenvalue weighted by molar-refractivity contribution is 0.102. The Kier molecular flexibility index (Phi) is 5.27. The van der Waals surface area contributed by atoms with E-state index in [1.165, 1.54) is 23.5 Å². The summed E-state index contributed by atoms with van der Waals surface area (Å²) in [6.07, 6.45) is 3.03. The number of nitrogens with one attached hydrogen (secondary N) is 2. The van der Waals surface area contributed by atoms with Gasteiger partial charge in [0.2, 0.25) is 5.95 Å². The molecule has 26 heavy (non-hydrogen) atoms. The first-order chi connectivity index (χ1) is 12.5. The Morgan fingerprint density at radius 2 is 1.46 bits per heavy atom. The first-order valence-corrected chi connectivity index (χ1v) is 8.58. The second-order valence-electron chi connectivity index (χ2n) is 6.52. The van der Waals surface area contributed by atoms with Gasteiger partial charge in [-0.3, -0.25) is 4.79 Å². The number of benzene rings is 2. The van der Waals surface area contributed by atoms with Crippen molar-refractivity contribution in [2.45, 2.75) is 26.7 Å². The average molecular weight is 346 g/mol. The average Bonchev–Trinajstić information content (AvgIpc) is 2.64. The van der Waals surface area contributed by atoms with Gasteiger partial charge in [-0.2, -0.15) is 0 Å². The minimum Gasteiger partial charge on any atom is -0.324 e.